The molecule has 1 N–H and O–H groups in total. The molecule has 0 atom stereocenters. The molecule has 2 aromatic rings. The first kappa shape index (κ1) is 16.0. The van der Waals surface area contributed by atoms with Gasteiger partial charge < -0.3 is 14.8 Å². The Labute approximate surface area is 131 Å². The Bertz CT molecular complexity index is 543. The Morgan fingerprint density at radius 3 is 2.36 bits per heavy atom. The van der Waals surface area contributed by atoms with Crippen molar-refractivity contribution in [3.05, 3.63) is 66.2 Å². The molecular formula is C18H21NO3. The van der Waals surface area contributed by atoms with Crippen LogP contribution in [0.5, 0.6) is 5.75 Å². The second kappa shape index (κ2) is 9.58. The summed E-state index contributed by atoms with van der Waals surface area (Å²) in [7, 11) is 0. The van der Waals surface area contributed by atoms with Crippen molar-refractivity contribution in [1.82, 2.24) is 5.32 Å². The van der Waals surface area contributed by atoms with Crippen LogP contribution in [0.2, 0.25) is 0 Å². The maximum Gasteiger partial charge on any atom is 0.246 e. The predicted octanol–water partition coefficient (Wildman–Crippen LogP) is 2.79. The summed E-state index contributed by atoms with van der Waals surface area (Å²) in [6.45, 7) is 1.69. The predicted molar refractivity (Wildman–Crippen MR) is 85.7 cm³/mol. The number of carbonyl (C=O) groups excluding carboxylic acids is 1. The molecule has 0 bridgehead atoms. The second-order valence-corrected chi connectivity index (χ2v) is 4.84. The minimum Gasteiger partial charge on any atom is -0.494 e. The van der Waals surface area contributed by atoms with Gasteiger partial charge in [-0.3, -0.25) is 4.79 Å². The van der Waals surface area contributed by atoms with Crippen molar-refractivity contribution in [3.8, 4) is 5.75 Å². The van der Waals surface area contributed by atoms with Crippen LogP contribution in [-0.4, -0.2) is 25.7 Å². The summed E-state index contributed by atoms with van der Waals surface area (Å²) in [4.78, 5) is 11.6. The van der Waals surface area contributed by atoms with Crippen LogP contribution in [0.1, 0.15) is 12.0 Å². The van der Waals surface area contributed by atoms with E-state index >= 15 is 0 Å². The topological polar surface area (TPSA) is 47.6 Å². The van der Waals surface area contributed by atoms with Crippen LogP contribution in [0.15, 0.2) is 60.7 Å². The molecule has 0 unspecified atom stereocenters. The number of hydrogen-bond donors (Lipinski definition) is 1. The highest BCUT2D eigenvalue weighted by molar-refractivity contribution is 5.77. The maximum atomic E-state index is 11.6. The molecule has 22 heavy (non-hydrogen) atoms. The Balaban J connectivity index is 1.49. The fourth-order valence-corrected chi connectivity index (χ4v) is 1.89. The molecule has 0 aliphatic rings. The number of hydrogen-bond acceptors (Lipinski definition) is 3. The lowest BCUT2D eigenvalue weighted by Crippen LogP contribution is -2.29. The molecule has 4 nitrogen and oxygen atoms in total. The van der Waals surface area contributed by atoms with Crippen LogP contribution < -0.4 is 10.1 Å². The normalized spacial score (nSPS) is 10.2. The Hall–Kier alpha value is -2.33. The number of nitrogens with one attached hydrogen (secondary N) is 1. The summed E-state index contributed by atoms with van der Waals surface area (Å²) in [6, 6.07) is 19.4. The van der Waals surface area contributed by atoms with Gasteiger partial charge in [0.05, 0.1) is 13.2 Å². The fourth-order valence-electron chi connectivity index (χ4n) is 1.89. The van der Waals surface area contributed by atoms with Gasteiger partial charge in [-0.15, -0.1) is 0 Å². The van der Waals surface area contributed by atoms with Gasteiger partial charge in [-0.1, -0.05) is 48.5 Å². The molecule has 0 aliphatic carbocycles. The average Bonchev–Trinajstić information content (AvgIpc) is 2.56. The van der Waals surface area contributed by atoms with Gasteiger partial charge in [-0.2, -0.15) is 0 Å². The summed E-state index contributed by atoms with van der Waals surface area (Å²) in [6.07, 6.45) is 0.763. The third kappa shape index (κ3) is 6.41. The molecule has 0 fully saturated rings. The molecule has 4 heteroatoms. The molecule has 0 aromatic heterocycles. The third-order valence-electron chi connectivity index (χ3n) is 3.00. The minimum atomic E-state index is -0.101. The van der Waals surface area contributed by atoms with Gasteiger partial charge in [0, 0.05) is 6.54 Å². The molecule has 1 amide bonds. The van der Waals surface area contributed by atoms with Gasteiger partial charge in [0.25, 0.3) is 0 Å². The first-order valence-corrected chi connectivity index (χ1v) is 7.41. The van der Waals surface area contributed by atoms with Crippen molar-refractivity contribution in [2.75, 3.05) is 19.8 Å². The lowest BCUT2D eigenvalue weighted by Gasteiger charge is -2.08. The zero-order valence-electron chi connectivity index (χ0n) is 12.5. The van der Waals surface area contributed by atoms with E-state index in [0.717, 1.165) is 17.7 Å². The van der Waals surface area contributed by atoms with Crippen molar-refractivity contribution >= 4 is 5.91 Å². The van der Waals surface area contributed by atoms with Crippen molar-refractivity contribution < 1.29 is 14.3 Å². The van der Waals surface area contributed by atoms with Gasteiger partial charge in [-0.05, 0) is 24.1 Å². The summed E-state index contributed by atoms with van der Waals surface area (Å²) in [5.74, 6) is 0.746. The van der Waals surface area contributed by atoms with E-state index in [0.29, 0.717) is 19.8 Å². The zero-order valence-corrected chi connectivity index (χ0v) is 12.5. The summed E-state index contributed by atoms with van der Waals surface area (Å²) in [5, 5.41) is 2.81. The summed E-state index contributed by atoms with van der Waals surface area (Å²) < 4.78 is 10.9. The van der Waals surface area contributed by atoms with E-state index in [1.807, 2.05) is 60.7 Å². The van der Waals surface area contributed by atoms with Crippen LogP contribution in [0, 0.1) is 0 Å². The van der Waals surface area contributed by atoms with E-state index in [9.17, 15) is 4.79 Å². The van der Waals surface area contributed by atoms with E-state index in [1.54, 1.807) is 0 Å². The fraction of sp³-hybridized carbons (Fsp3) is 0.278. The number of benzene rings is 2. The van der Waals surface area contributed by atoms with Crippen LogP contribution >= 0.6 is 0 Å². The number of para-hydroxylation sites is 1. The van der Waals surface area contributed by atoms with Crippen LogP contribution in [0.25, 0.3) is 0 Å². The number of carbonyl (C=O) groups is 1. The highest BCUT2D eigenvalue weighted by Crippen LogP contribution is 2.08. The molecule has 2 aromatic carbocycles. The van der Waals surface area contributed by atoms with Gasteiger partial charge in [0.2, 0.25) is 5.91 Å². The maximum absolute atomic E-state index is 11.6. The Kier molecular flexibility index (Phi) is 6.99. The Morgan fingerprint density at radius 1 is 0.955 bits per heavy atom. The lowest BCUT2D eigenvalue weighted by molar-refractivity contribution is -0.126. The number of amides is 1. The SMILES string of the molecule is O=C(COCc1ccccc1)NCCCOc1ccccc1. The molecule has 116 valence electrons. The standard InChI is InChI=1S/C18H21NO3/c20-18(15-21-14-16-8-3-1-4-9-16)19-12-7-13-22-17-10-5-2-6-11-17/h1-6,8-11H,7,12-15H2,(H,19,20). The highest BCUT2D eigenvalue weighted by atomic mass is 16.5. The van der Waals surface area contributed by atoms with Crippen LogP contribution in [0.3, 0.4) is 0 Å². The molecule has 0 heterocycles. The van der Waals surface area contributed by atoms with Gasteiger partial charge in [-0.25, -0.2) is 0 Å². The summed E-state index contributed by atoms with van der Waals surface area (Å²) in [5.41, 5.74) is 1.06. The monoisotopic (exact) mass is 299 g/mol. The van der Waals surface area contributed by atoms with Crippen LogP contribution in [-0.2, 0) is 16.1 Å². The van der Waals surface area contributed by atoms with Crippen LogP contribution in [0.4, 0.5) is 0 Å². The molecule has 0 saturated heterocycles. The second-order valence-electron chi connectivity index (χ2n) is 4.84. The molecule has 0 radical (unpaired) electrons. The molecule has 0 spiro atoms. The smallest absolute Gasteiger partial charge is 0.246 e. The van der Waals surface area contributed by atoms with E-state index in [-0.39, 0.29) is 12.5 Å². The molecular weight excluding hydrogens is 278 g/mol. The van der Waals surface area contributed by atoms with E-state index in [4.69, 9.17) is 9.47 Å². The third-order valence-corrected chi connectivity index (χ3v) is 3.00. The molecule has 2 rings (SSSR count). The molecule has 0 aliphatic heterocycles. The minimum absolute atomic E-state index is 0.0778. The average molecular weight is 299 g/mol. The van der Waals surface area contributed by atoms with Gasteiger partial charge >= 0.3 is 0 Å². The van der Waals surface area contributed by atoms with E-state index in [1.165, 1.54) is 0 Å². The largest absolute Gasteiger partial charge is 0.494 e. The van der Waals surface area contributed by atoms with E-state index in [2.05, 4.69) is 5.32 Å². The Morgan fingerprint density at radius 2 is 1.64 bits per heavy atom. The van der Waals surface area contributed by atoms with Gasteiger partial charge in [0.15, 0.2) is 0 Å². The summed E-state index contributed by atoms with van der Waals surface area (Å²) >= 11 is 0. The first-order chi connectivity index (χ1) is 10.8. The first-order valence-electron chi connectivity index (χ1n) is 7.41. The number of ether oxygens (including phenoxy) is 2. The quantitative estimate of drug-likeness (QED) is 0.724. The highest BCUT2D eigenvalue weighted by Gasteiger charge is 2.01. The van der Waals surface area contributed by atoms with E-state index < -0.39 is 0 Å². The van der Waals surface area contributed by atoms with Crippen molar-refractivity contribution in [2.45, 2.75) is 13.0 Å². The number of rotatable bonds is 9. The van der Waals surface area contributed by atoms with Gasteiger partial charge in [0.1, 0.15) is 12.4 Å². The molecule has 0 saturated carbocycles. The van der Waals surface area contributed by atoms with Crippen molar-refractivity contribution in [3.63, 3.8) is 0 Å². The van der Waals surface area contributed by atoms with Crippen molar-refractivity contribution in [2.24, 2.45) is 0 Å². The van der Waals surface area contributed by atoms with Crippen molar-refractivity contribution in [1.29, 1.82) is 0 Å². The zero-order chi connectivity index (χ0) is 15.5. The lowest BCUT2D eigenvalue weighted by atomic mass is 10.2.